The number of nitrogens with zero attached hydrogens (tertiary/aromatic N) is 3. The van der Waals surface area contributed by atoms with Crippen LogP contribution < -0.4 is 15.4 Å². The van der Waals surface area contributed by atoms with Crippen LogP contribution in [0.15, 0.2) is 60.7 Å². The maximum absolute atomic E-state index is 12.6. The van der Waals surface area contributed by atoms with Crippen molar-refractivity contribution in [2.75, 3.05) is 10.6 Å². The van der Waals surface area contributed by atoms with E-state index in [9.17, 15) is 9.59 Å². The summed E-state index contributed by atoms with van der Waals surface area (Å²) in [7, 11) is 0. The zero-order valence-corrected chi connectivity index (χ0v) is 14.9. The fraction of sp³-hybridized carbons (Fsp3) is 0. The second-order valence-corrected chi connectivity index (χ2v) is 6.28. The highest BCUT2D eigenvalue weighted by atomic mass is 16.5. The van der Waals surface area contributed by atoms with Crippen LogP contribution in [0.3, 0.4) is 0 Å². The molecule has 7 heteroatoms. The average Bonchev–Trinajstić information content (AvgIpc) is 2.98. The van der Waals surface area contributed by atoms with Gasteiger partial charge in [-0.05, 0) is 60.7 Å². The number of amides is 2. The lowest BCUT2D eigenvalue weighted by atomic mass is 10.1. The molecule has 138 valence electrons. The number of hydrogen-bond acceptors (Lipinski definition) is 6. The molecule has 1 aliphatic heterocycles. The van der Waals surface area contributed by atoms with Crippen LogP contribution in [-0.4, -0.2) is 11.8 Å². The van der Waals surface area contributed by atoms with Crippen LogP contribution in [0.4, 0.5) is 11.4 Å². The van der Waals surface area contributed by atoms with Crippen molar-refractivity contribution in [3.63, 3.8) is 0 Å². The van der Waals surface area contributed by atoms with Gasteiger partial charge in [0.05, 0.1) is 27.9 Å². The third kappa shape index (κ3) is 3.03. The van der Waals surface area contributed by atoms with Gasteiger partial charge in [0.25, 0.3) is 11.8 Å². The topological polar surface area (TPSA) is 120 Å². The van der Waals surface area contributed by atoms with E-state index in [4.69, 9.17) is 21.0 Å². The Morgan fingerprint density at radius 2 is 1.41 bits per heavy atom. The molecule has 4 rings (SSSR count). The van der Waals surface area contributed by atoms with Gasteiger partial charge < -0.3 is 10.5 Å². The lowest BCUT2D eigenvalue weighted by Crippen LogP contribution is -2.29. The van der Waals surface area contributed by atoms with Gasteiger partial charge in [0.2, 0.25) is 0 Å². The van der Waals surface area contributed by atoms with E-state index in [1.54, 1.807) is 42.5 Å². The first kappa shape index (κ1) is 17.8. The molecular formula is C22H12N4O3. The highest BCUT2D eigenvalue weighted by molar-refractivity contribution is 6.34. The average molecular weight is 380 g/mol. The molecule has 0 saturated carbocycles. The lowest BCUT2D eigenvalue weighted by molar-refractivity contribution is 0.0926. The van der Waals surface area contributed by atoms with Gasteiger partial charge in [-0.1, -0.05) is 0 Å². The van der Waals surface area contributed by atoms with E-state index in [1.165, 1.54) is 18.2 Å². The van der Waals surface area contributed by atoms with Gasteiger partial charge in [0, 0.05) is 5.69 Å². The molecule has 1 aliphatic rings. The second-order valence-electron chi connectivity index (χ2n) is 6.28. The van der Waals surface area contributed by atoms with Crippen molar-refractivity contribution in [1.82, 2.24) is 0 Å². The Hall–Kier alpha value is -4.62. The van der Waals surface area contributed by atoms with Crippen molar-refractivity contribution in [1.29, 1.82) is 10.5 Å². The number of benzene rings is 3. The monoisotopic (exact) mass is 380 g/mol. The second kappa shape index (κ2) is 6.84. The van der Waals surface area contributed by atoms with Gasteiger partial charge >= 0.3 is 0 Å². The van der Waals surface area contributed by atoms with Gasteiger partial charge in [0.15, 0.2) is 0 Å². The van der Waals surface area contributed by atoms with Crippen molar-refractivity contribution >= 4 is 23.2 Å². The van der Waals surface area contributed by atoms with Crippen molar-refractivity contribution in [3.8, 4) is 23.6 Å². The Labute approximate surface area is 165 Å². The molecule has 0 aromatic heterocycles. The number of nitrogens with two attached hydrogens (primary N) is 1. The molecule has 0 aliphatic carbocycles. The van der Waals surface area contributed by atoms with Gasteiger partial charge in [-0.25, -0.2) is 4.90 Å². The summed E-state index contributed by atoms with van der Waals surface area (Å²) in [6.07, 6.45) is 0. The molecule has 29 heavy (non-hydrogen) atoms. The number of anilines is 2. The first-order valence-electron chi connectivity index (χ1n) is 8.52. The molecule has 0 atom stereocenters. The third-order valence-electron chi connectivity index (χ3n) is 4.47. The highest BCUT2D eigenvalue weighted by Crippen LogP contribution is 2.31. The molecule has 0 radical (unpaired) electrons. The number of nitriles is 2. The van der Waals surface area contributed by atoms with Crippen LogP contribution in [0, 0.1) is 22.7 Å². The summed E-state index contributed by atoms with van der Waals surface area (Å²) in [6, 6.07) is 19.5. The molecule has 3 aromatic carbocycles. The number of carbonyl (C=O) groups excluding carboxylic acids is 2. The van der Waals surface area contributed by atoms with Crippen molar-refractivity contribution in [2.24, 2.45) is 0 Å². The zero-order valence-electron chi connectivity index (χ0n) is 14.9. The number of nitrogen functional groups attached to an aromatic ring is 1. The summed E-state index contributed by atoms with van der Waals surface area (Å²) in [6.45, 7) is 0. The normalized spacial score (nSPS) is 12.3. The summed E-state index contributed by atoms with van der Waals surface area (Å²) in [4.78, 5) is 26.3. The maximum Gasteiger partial charge on any atom is 0.266 e. The lowest BCUT2D eigenvalue weighted by Gasteiger charge is -2.14. The predicted octanol–water partition coefficient (Wildman–Crippen LogP) is 3.61. The Morgan fingerprint density at radius 1 is 0.759 bits per heavy atom. The summed E-state index contributed by atoms with van der Waals surface area (Å²) in [5.41, 5.74) is 7.60. The van der Waals surface area contributed by atoms with Crippen LogP contribution in [0.1, 0.15) is 31.8 Å². The minimum atomic E-state index is -0.434. The quantitative estimate of drug-likeness (QED) is 0.547. The van der Waals surface area contributed by atoms with Gasteiger partial charge in [-0.15, -0.1) is 0 Å². The Balaban J connectivity index is 1.58. The molecule has 3 aromatic rings. The number of carbonyl (C=O) groups is 2. The molecule has 0 bridgehead atoms. The van der Waals surface area contributed by atoms with Gasteiger partial charge in [-0.2, -0.15) is 10.5 Å². The van der Waals surface area contributed by atoms with E-state index in [1.807, 2.05) is 12.1 Å². The van der Waals surface area contributed by atoms with Crippen molar-refractivity contribution < 1.29 is 14.3 Å². The van der Waals surface area contributed by atoms with E-state index in [0.29, 0.717) is 28.4 Å². The predicted molar refractivity (Wildman–Crippen MR) is 104 cm³/mol. The number of imide groups is 1. The fourth-order valence-electron chi connectivity index (χ4n) is 3.07. The first-order valence-corrected chi connectivity index (χ1v) is 8.52. The largest absolute Gasteiger partial charge is 0.457 e. The summed E-state index contributed by atoms with van der Waals surface area (Å²) in [5.74, 6) is -0.00569. The van der Waals surface area contributed by atoms with Gasteiger partial charge in [0.1, 0.15) is 23.6 Å². The molecule has 2 amide bonds. The molecule has 0 spiro atoms. The smallest absolute Gasteiger partial charge is 0.266 e. The molecular weight excluding hydrogens is 368 g/mol. The van der Waals surface area contributed by atoms with E-state index in [2.05, 4.69) is 0 Å². The maximum atomic E-state index is 12.6. The van der Waals surface area contributed by atoms with Crippen LogP contribution >= 0.6 is 0 Å². The summed E-state index contributed by atoms with van der Waals surface area (Å²) < 4.78 is 5.70. The molecule has 0 saturated heterocycles. The van der Waals surface area contributed by atoms with E-state index in [-0.39, 0.29) is 16.7 Å². The van der Waals surface area contributed by atoms with Crippen LogP contribution in [0.25, 0.3) is 0 Å². The van der Waals surface area contributed by atoms with E-state index in [0.717, 1.165) is 4.90 Å². The third-order valence-corrected chi connectivity index (χ3v) is 4.47. The molecule has 0 fully saturated rings. The SMILES string of the molecule is N#Cc1ccc(Oc2ccc(N3C(=O)c4ccc(N)cc4C3=O)cc2)cc1C#N. The van der Waals surface area contributed by atoms with Crippen LogP contribution in [0.2, 0.25) is 0 Å². The van der Waals surface area contributed by atoms with E-state index >= 15 is 0 Å². The zero-order chi connectivity index (χ0) is 20.5. The minimum absolute atomic E-state index is 0.215. The standard InChI is InChI=1S/C22H12N4O3/c23-11-13-1-5-18(9-14(13)12-24)29-17-6-3-16(4-7-17)26-21(27)19-8-2-15(25)10-20(19)22(26)28/h1-10H,25H2. The number of hydrogen-bond donors (Lipinski definition) is 1. The summed E-state index contributed by atoms with van der Waals surface area (Å²) in [5, 5.41) is 18.1. The van der Waals surface area contributed by atoms with Crippen molar-refractivity contribution in [2.45, 2.75) is 0 Å². The summed E-state index contributed by atoms with van der Waals surface area (Å²) >= 11 is 0. The highest BCUT2D eigenvalue weighted by Gasteiger charge is 2.36. The number of rotatable bonds is 3. The minimum Gasteiger partial charge on any atom is -0.457 e. The Kier molecular flexibility index (Phi) is 4.19. The van der Waals surface area contributed by atoms with Crippen molar-refractivity contribution in [3.05, 3.63) is 82.9 Å². The molecule has 2 N–H and O–H groups in total. The Bertz CT molecular complexity index is 1250. The van der Waals surface area contributed by atoms with Crippen LogP contribution in [0.5, 0.6) is 11.5 Å². The molecule has 1 heterocycles. The fourth-order valence-corrected chi connectivity index (χ4v) is 3.07. The van der Waals surface area contributed by atoms with E-state index < -0.39 is 11.8 Å². The first-order chi connectivity index (χ1) is 14.0. The van der Waals surface area contributed by atoms with Gasteiger partial charge in [-0.3, -0.25) is 9.59 Å². The molecule has 7 nitrogen and oxygen atoms in total. The Morgan fingerprint density at radius 3 is 2.10 bits per heavy atom. The molecule has 0 unspecified atom stereocenters. The van der Waals surface area contributed by atoms with Crippen LogP contribution in [-0.2, 0) is 0 Å². The number of fused-ring (bicyclic) bond motifs is 1. The number of ether oxygens (including phenoxy) is 1.